The second-order valence-electron chi connectivity index (χ2n) is 9.42. The Balaban J connectivity index is 1.71. The number of benzene rings is 2. The van der Waals surface area contributed by atoms with Crippen molar-refractivity contribution in [3.8, 4) is 5.75 Å². The SMILES string of the molecule is CCOc1cc(CCC(=O)N[C@@H](CC(C)C)c2ccccc2N2CCCCC2)ccc1C(=O)O. The molecule has 1 saturated heterocycles. The lowest BCUT2D eigenvalue weighted by molar-refractivity contribution is -0.121. The number of piperidine rings is 1. The number of carboxylic acid groups (broad SMARTS) is 1. The van der Waals surface area contributed by atoms with Crippen molar-refractivity contribution in [3.63, 3.8) is 0 Å². The molecule has 1 heterocycles. The molecule has 2 aromatic rings. The van der Waals surface area contributed by atoms with Gasteiger partial charge in [0.2, 0.25) is 5.91 Å². The summed E-state index contributed by atoms with van der Waals surface area (Å²) in [6.45, 7) is 8.70. The summed E-state index contributed by atoms with van der Waals surface area (Å²) in [5, 5.41) is 12.6. The summed E-state index contributed by atoms with van der Waals surface area (Å²) in [7, 11) is 0. The highest BCUT2D eigenvalue weighted by Crippen LogP contribution is 2.32. The smallest absolute Gasteiger partial charge is 0.339 e. The van der Waals surface area contributed by atoms with Crippen molar-refractivity contribution in [2.24, 2.45) is 5.92 Å². The summed E-state index contributed by atoms with van der Waals surface area (Å²) in [6, 6.07) is 13.5. The molecule has 0 aliphatic carbocycles. The molecule has 0 spiro atoms. The second-order valence-corrected chi connectivity index (χ2v) is 9.42. The Morgan fingerprint density at radius 3 is 2.50 bits per heavy atom. The van der Waals surface area contributed by atoms with Gasteiger partial charge in [-0.1, -0.05) is 38.1 Å². The fourth-order valence-electron chi connectivity index (χ4n) is 4.64. The van der Waals surface area contributed by atoms with E-state index in [4.69, 9.17) is 4.74 Å². The van der Waals surface area contributed by atoms with Crippen LogP contribution >= 0.6 is 0 Å². The largest absolute Gasteiger partial charge is 0.493 e. The normalized spacial score (nSPS) is 14.6. The highest BCUT2D eigenvalue weighted by Gasteiger charge is 2.22. The van der Waals surface area contributed by atoms with Gasteiger partial charge in [0, 0.05) is 25.2 Å². The lowest BCUT2D eigenvalue weighted by atomic mass is 9.94. The van der Waals surface area contributed by atoms with Gasteiger partial charge in [0.15, 0.2) is 0 Å². The van der Waals surface area contributed by atoms with Gasteiger partial charge in [0.1, 0.15) is 11.3 Å². The maximum atomic E-state index is 13.0. The van der Waals surface area contributed by atoms with Gasteiger partial charge in [-0.2, -0.15) is 0 Å². The molecule has 1 aliphatic heterocycles. The lowest BCUT2D eigenvalue weighted by Gasteiger charge is -2.33. The molecule has 2 N–H and O–H groups in total. The zero-order valence-corrected chi connectivity index (χ0v) is 20.7. The quantitative estimate of drug-likeness (QED) is 0.450. The number of aryl methyl sites for hydroxylation is 1. The fraction of sp³-hybridized carbons (Fsp3) is 0.500. The predicted octanol–water partition coefficient (Wildman–Crippen LogP) is 5.61. The molecule has 2 aromatic carbocycles. The van der Waals surface area contributed by atoms with Crippen LogP contribution in [-0.2, 0) is 11.2 Å². The van der Waals surface area contributed by atoms with Gasteiger partial charge in [-0.3, -0.25) is 4.79 Å². The van der Waals surface area contributed by atoms with Gasteiger partial charge in [-0.15, -0.1) is 0 Å². The average Bonchev–Trinajstić information content (AvgIpc) is 2.83. The summed E-state index contributed by atoms with van der Waals surface area (Å²) in [4.78, 5) is 26.9. The van der Waals surface area contributed by atoms with E-state index in [1.165, 1.54) is 30.5 Å². The molecule has 6 heteroatoms. The third-order valence-electron chi connectivity index (χ3n) is 6.27. The first-order chi connectivity index (χ1) is 16.4. The molecule has 1 aliphatic rings. The van der Waals surface area contributed by atoms with Gasteiger partial charge in [0.25, 0.3) is 0 Å². The van der Waals surface area contributed by atoms with E-state index in [0.717, 1.165) is 25.1 Å². The third kappa shape index (κ3) is 6.99. The Labute approximate surface area is 203 Å². The Morgan fingerprint density at radius 2 is 1.82 bits per heavy atom. The number of ether oxygens (including phenoxy) is 1. The standard InChI is InChI=1S/C28H38N2O4/c1-4-34-26-19-21(12-14-23(26)28(32)33)13-15-27(31)29-24(18-20(2)3)22-10-6-7-11-25(22)30-16-8-5-9-17-30/h6-7,10-12,14,19-20,24H,4-5,8-9,13,15-18H2,1-3H3,(H,29,31)(H,32,33)/t24-/m0/s1. The van der Waals surface area contributed by atoms with E-state index in [1.807, 2.05) is 6.92 Å². The first-order valence-corrected chi connectivity index (χ1v) is 12.5. The molecule has 0 bridgehead atoms. The number of hydrogen-bond acceptors (Lipinski definition) is 4. The number of rotatable bonds is 11. The van der Waals surface area contributed by atoms with Crippen molar-refractivity contribution in [2.45, 2.75) is 65.3 Å². The van der Waals surface area contributed by atoms with Crippen molar-refractivity contribution in [1.29, 1.82) is 0 Å². The minimum absolute atomic E-state index is 0.000585. The topological polar surface area (TPSA) is 78.9 Å². The monoisotopic (exact) mass is 466 g/mol. The Bertz CT molecular complexity index is 967. The Hall–Kier alpha value is -3.02. The van der Waals surface area contributed by atoms with Crippen LogP contribution in [0.2, 0.25) is 0 Å². The van der Waals surface area contributed by atoms with E-state index in [9.17, 15) is 14.7 Å². The van der Waals surface area contributed by atoms with Crippen molar-refractivity contribution in [2.75, 3.05) is 24.6 Å². The number of carbonyl (C=O) groups is 2. The summed E-state index contributed by atoms with van der Waals surface area (Å²) in [6.07, 6.45) is 5.42. The van der Waals surface area contributed by atoms with Crippen molar-refractivity contribution in [3.05, 3.63) is 59.2 Å². The molecule has 3 rings (SSSR count). The number of nitrogens with one attached hydrogen (secondary N) is 1. The molecular weight excluding hydrogens is 428 g/mol. The highest BCUT2D eigenvalue weighted by atomic mass is 16.5. The number of carboxylic acids is 1. The number of anilines is 1. The number of carbonyl (C=O) groups excluding carboxylic acids is 1. The van der Waals surface area contributed by atoms with Gasteiger partial charge >= 0.3 is 5.97 Å². The number of amides is 1. The third-order valence-corrected chi connectivity index (χ3v) is 6.27. The minimum Gasteiger partial charge on any atom is -0.493 e. The molecule has 1 atom stereocenters. The highest BCUT2D eigenvalue weighted by molar-refractivity contribution is 5.91. The second kappa shape index (κ2) is 12.4. The van der Waals surface area contributed by atoms with Crippen LogP contribution in [-0.4, -0.2) is 36.7 Å². The number of para-hydroxylation sites is 1. The molecular formula is C28H38N2O4. The van der Waals surface area contributed by atoms with E-state index in [2.05, 4.69) is 48.3 Å². The summed E-state index contributed by atoms with van der Waals surface area (Å²) >= 11 is 0. The van der Waals surface area contributed by atoms with E-state index in [0.29, 0.717) is 31.1 Å². The minimum atomic E-state index is -1.02. The van der Waals surface area contributed by atoms with Gasteiger partial charge < -0.3 is 20.1 Å². The van der Waals surface area contributed by atoms with E-state index < -0.39 is 5.97 Å². The maximum Gasteiger partial charge on any atom is 0.339 e. The first kappa shape index (κ1) is 25.6. The van der Waals surface area contributed by atoms with Crippen molar-refractivity contribution < 1.29 is 19.4 Å². The van der Waals surface area contributed by atoms with Crippen LogP contribution in [0.15, 0.2) is 42.5 Å². The van der Waals surface area contributed by atoms with Crippen molar-refractivity contribution >= 4 is 17.6 Å². The van der Waals surface area contributed by atoms with Crippen molar-refractivity contribution in [1.82, 2.24) is 5.32 Å². The van der Waals surface area contributed by atoms with Crippen LogP contribution in [0.4, 0.5) is 5.69 Å². The predicted molar refractivity (Wildman–Crippen MR) is 136 cm³/mol. The molecule has 34 heavy (non-hydrogen) atoms. The van der Waals surface area contributed by atoms with E-state index in [-0.39, 0.29) is 17.5 Å². The lowest BCUT2D eigenvalue weighted by Crippen LogP contribution is -2.34. The van der Waals surface area contributed by atoms with E-state index >= 15 is 0 Å². The molecule has 0 radical (unpaired) electrons. The van der Waals surface area contributed by atoms with Crippen LogP contribution in [0.25, 0.3) is 0 Å². The summed E-state index contributed by atoms with van der Waals surface area (Å²) in [5.41, 5.74) is 3.45. The summed E-state index contributed by atoms with van der Waals surface area (Å²) in [5.74, 6) is -0.228. The van der Waals surface area contributed by atoms with Crippen LogP contribution in [0.1, 0.15) is 80.4 Å². The molecule has 184 valence electrons. The van der Waals surface area contributed by atoms with Gasteiger partial charge in [-0.05, 0) is 74.3 Å². The van der Waals surface area contributed by atoms with Crippen LogP contribution in [0.3, 0.4) is 0 Å². The van der Waals surface area contributed by atoms with Crippen LogP contribution in [0, 0.1) is 5.92 Å². The zero-order valence-electron chi connectivity index (χ0n) is 20.7. The van der Waals surface area contributed by atoms with Gasteiger partial charge in [-0.25, -0.2) is 4.79 Å². The van der Waals surface area contributed by atoms with E-state index in [1.54, 1.807) is 18.2 Å². The molecule has 0 aromatic heterocycles. The Kier molecular flexibility index (Phi) is 9.37. The van der Waals surface area contributed by atoms with Gasteiger partial charge in [0.05, 0.1) is 12.6 Å². The molecule has 0 unspecified atom stereocenters. The first-order valence-electron chi connectivity index (χ1n) is 12.5. The number of aromatic carboxylic acids is 1. The average molecular weight is 467 g/mol. The number of hydrogen-bond donors (Lipinski definition) is 2. The maximum absolute atomic E-state index is 13.0. The molecule has 6 nitrogen and oxygen atoms in total. The summed E-state index contributed by atoms with van der Waals surface area (Å²) < 4.78 is 5.50. The van der Waals surface area contributed by atoms with Crippen LogP contribution < -0.4 is 15.0 Å². The molecule has 1 amide bonds. The Morgan fingerprint density at radius 1 is 1.09 bits per heavy atom. The number of nitrogens with zero attached hydrogens (tertiary/aromatic N) is 1. The molecule has 1 fully saturated rings. The molecule has 0 saturated carbocycles. The zero-order chi connectivity index (χ0) is 24.5. The fourth-order valence-corrected chi connectivity index (χ4v) is 4.64. The van der Waals surface area contributed by atoms with Crippen LogP contribution in [0.5, 0.6) is 5.75 Å².